The van der Waals surface area contributed by atoms with Gasteiger partial charge in [-0.15, -0.1) is 0 Å². The molecule has 29 heavy (non-hydrogen) atoms. The number of methoxy groups -OCH3 is 1. The summed E-state index contributed by atoms with van der Waals surface area (Å²) in [5.74, 6) is -0.319. The highest BCUT2D eigenvalue weighted by Crippen LogP contribution is 2.24. The van der Waals surface area contributed by atoms with Crippen LogP contribution in [0.3, 0.4) is 0 Å². The molecule has 1 aromatic heterocycles. The van der Waals surface area contributed by atoms with Gasteiger partial charge in [-0.05, 0) is 60.2 Å². The van der Waals surface area contributed by atoms with Crippen molar-refractivity contribution in [2.24, 2.45) is 0 Å². The quantitative estimate of drug-likeness (QED) is 0.537. The van der Waals surface area contributed by atoms with Gasteiger partial charge in [0.2, 0.25) is 0 Å². The maximum absolute atomic E-state index is 13.3. The molecule has 1 N–H and O–H groups in total. The van der Waals surface area contributed by atoms with E-state index in [9.17, 15) is 14.7 Å². The molecular formula is C22H17ClN2O4. The number of imidazole rings is 1. The van der Waals surface area contributed by atoms with Gasteiger partial charge in [0.1, 0.15) is 5.75 Å². The van der Waals surface area contributed by atoms with E-state index in [1.807, 2.05) is 0 Å². The third kappa shape index (κ3) is 3.50. The third-order valence-electron chi connectivity index (χ3n) is 4.74. The average molecular weight is 409 g/mol. The second-order valence-corrected chi connectivity index (χ2v) is 6.98. The number of hydrogen-bond donors (Lipinski definition) is 1. The fourth-order valence-electron chi connectivity index (χ4n) is 3.35. The molecule has 4 rings (SSSR count). The van der Waals surface area contributed by atoms with Gasteiger partial charge >= 0.3 is 11.7 Å². The Balaban J connectivity index is 1.89. The van der Waals surface area contributed by atoms with E-state index in [4.69, 9.17) is 16.3 Å². The zero-order valence-corrected chi connectivity index (χ0v) is 16.3. The number of nitrogens with zero attached hydrogens (tertiary/aromatic N) is 2. The summed E-state index contributed by atoms with van der Waals surface area (Å²) in [6.45, 7) is 0.237. The zero-order valence-electron chi connectivity index (χ0n) is 15.5. The van der Waals surface area contributed by atoms with Crippen molar-refractivity contribution in [3.63, 3.8) is 0 Å². The van der Waals surface area contributed by atoms with Gasteiger partial charge in [0.25, 0.3) is 0 Å². The van der Waals surface area contributed by atoms with Gasteiger partial charge < -0.3 is 9.84 Å². The second-order valence-electron chi connectivity index (χ2n) is 6.54. The Kier molecular flexibility index (Phi) is 4.86. The second kappa shape index (κ2) is 7.48. The Labute approximate surface area is 171 Å². The van der Waals surface area contributed by atoms with Crippen LogP contribution in [0.1, 0.15) is 15.9 Å². The SMILES string of the molecule is COc1ccc(-n2c(=O)n(Cc3cccc(C(=O)O)c3)c3ccc(Cl)cc32)cc1. The van der Waals surface area contributed by atoms with Crippen LogP contribution in [0.5, 0.6) is 5.75 Å². The predicted molar refractivity (Wildman–Crippen MR) is 112 cm³/mol. The molecule has 0 aliphatic heterocycles. The molecule has 0 spiro atoms. The standard InChI is InChI=1S/C22H17ClN2O4/c1-29-18-8-6-17(7-9-18)25-20-12-16(23)5-10-19(20)24(22(25)28)13-14-3-2-4-15(11-14)21(26)27/h2-12H,13H2,1H3,(H,26,27). The number of aromatic carboxylic acids is 1. The third-order valence-corrected chi connectivity index (χ3v) is 4.97. The molecule has 7 heteroatoms. The van der Waals surface area contributed by atoms with Crippen LogP contribution >= 0.6 is 11.6 Å². The number of halogens is 1. The number of rotatable bonds is 5. The van der Waals surface area contributed by atoms with Gasteiger partial charge in [0.05, 0.1) is 35.9 Å². The van der Waals surface area contributed by atoms with Crippen LogP contribution in [0.2, 0.25) is 5.02 Å². The van der Waals surface area contributed by atoms with Crippen molar-refractivity contribution < 1.29 is 14.6 Å². The van der Waals surface area contributed by atoms with Crippen LogP contribution in [0.4, 0.5) is 0 Å². The molecule has 0 aliphatic rings. The summed E-state index contributed by atoms with van der Waals surface area (Å²) in [4.78, 5) is 24.6. The largest absolute Gasteiger partial charge is 0.497 e. The molecule has 6 nitrogen and oxygen atoms in total. The first-order valence-corrected chi connectivity index (χ1v) is 9.23. The maximum atomic E-state index is 13.3. The molecule has 0 unspecified atom stereocenters. The summed E-state index contributed by atoms with van der Waals surface area (Å²) in [5.41, 5.74) is 2.71. The lowest BCUT2D eigenvalue weighted by Crippen LogP contribution is -2.23. The minimum absolute atomic E-state index is 0.178. The summed E-state index contributed by atoms with van der Waals surface area (Å²) in [5, 5.41) is 9.75. The summed E-state index contributed by atoms with van der Waals surface area (Å²) < 4.78 is 8.39. The minimum Gasteiger partial charge on any atom is -0.497 e. The molecular weight excluding hydrogens is 392 g/mol. The van der Waals surface area contributed by atoms with E-state index in [0.717, 1.165) is 5.56 Å². The fraction of sp³-hybridized carbons (Fsp3) is 0.0909. The topological polar surface area (TPSA) is 73.5 Å². The number of aromatic nitrogens is 2. The van der Waals surface area contributed by atoms with E-state index in [-0.39, 0.29) is 17.8 Å². The van der Waals surface area contributed by atoms with Crippen LogP contribution in [0, 0.1) is 0 Å². The summed E-state index contributed by atoms with van der Waals surface area (Å²) in [6.07, 6.45) is 0. The average Bonchev–Trinajstić information content (AvgIpc) is 2.99. The van der Waals surface area contributed by atoms with Gasteiger partial charge in [0, 0.05) is 5.02 Å². The van der Waals surface area contributed by atoms with E-state index in [1.165, 1.54) is 6.07 Å². The number of carboxylic acids is 1. The van der Waals surface area contributed by atoms with Crippen LogP contribution < -0.4 is 10.4 Å². The first-order valence-electron chi connectivity index (χ1n) is 8.85. The van der Waals surface area contributed by atoms with Crippen LogP contribution in [0.15, 0.2) is 71.5 Å². The Morgan fingerprint density at radius 2 is 1.79 bits per heavy atom. The molecule has 0 amide bonds. The van der Waals surface area contributed by atoms with Crippen LogP contribution in [-0.4, -0.2) is 27.3 Å². The van der Waals surface area contributed by atoms with E-state index in [1.54, 1.807) is 76.9 Å². The fourth-order valence-corrected chi connectivity index (χ4v) is 3.52. The Bertz CT molecular complexity index is 1270. The summed E-state index contributed by atoms with van der Waals surface area (Å²) >= 11 is 6.19. The molecule has 0 saturated carbocycles. The van der Waals surface area contributed by atoms with E-state index >= 15 is 0 Å². The van der Waals surface area contributed by atoms with Crippen molar-refractivity contribution in [3.05, 3.63) is 93.4 Å². The molecule has 0 saturated heterocycles. The predicted octanol–water partition coefficient (Wildman–Crippen LogP) is 4.20. The van der Waals surface area contributed by atoms with Crippen LogP contribution in [0.25, 0.3) is 16.7 Å². The number of fused-ring (bicyclic) bond motifs is 1. The Morgan fingerprint density at radius 1 is 1.03 bits per heavy atom. The Morgan fingerprint density at radius 3 is 2.48 bits per heavy atom. The van der Waals surface area contributed by atoms with Crippen molar-refractivity contribution in [1.82, 2.24) is 9.13 Å². The van der Waals surface area contributed by atoms with Gasteiger partial charge in [-0.25, -0.2) is 9.59 Å². The lowest BCUT2D eigenvalue weighted by atomic mass is 10.1. The molecule has 0 radical (unpaired) electrons. The molecule has 0 bridgehead atoms. The molecule has 146 valence electrons. The zero-order chi connectivity index (χ0) is 20.5. The normalized spacial score (nSPS) is 11.0. The van der Waals surface area contributed by atoms with E-state index in [0.29, 0.717) is 27.5 Å². The van der Waals surface area contributed by atoms with Gasteiger partial charge in [0.15, 0.2) is 0 Å². The van der Waals surface area contributed by atoms with Crippen molar-refractivity contribution in [2.45, 2.75) is 6.54 Å². The molecule has 0 fully saturated rings. The number of benzene rings is 3. The molecule has 1 heterocycles. The first-order chi connectivity index (χ1) is 14.0. The number of carboxylic acid groups (broad SMARTS) is 1. The first kappa shape index (κ1) is 18.8. The lowest BCUT2D eigenvalue weighted by Gasteiger charge is -2.05. The minimum atomic E-state index is -1.01. The van der Waals surface area contributed by atoms with Crippen molar-refractivity contribution in [1.29, 1.82) is 0 Å². The van der Waals surface area contributed by atoms with Gasteiger partial charge in [-0.2, -0.15) is 0 Å². The Hall–Kier alpha value is -3.51. The summed E-state index contributed by atoms with van der Waals surface area (Å²) in [7, 11) is 1.58. The van der Waals surface area contributed by atoms with Crippen LogP contribution in [-0.2, 0) is 6.54 Å². The summed E-state index contributed by atoms with van der Waals surface area (Å²) in [6, 6.07) is 19.0. The number of ether oxygens (including phenoxy) is 1. The van der Waals surface area contributed by atoms with Gasteiger partial charge in [-0.1, -0.05) is 23.7 Å². The highest BCUT2D eigenvalue weighted by molar-refractivity contribution is 6.31. The van der Waals surface area contributed by atoms with Gasteiger partial charge in [-0.3, -0.25) is 9.13 Å². The number of hydrogen-bond acceptors (Lipinski definition) is 3. The van der Waals surface area contributed by atoms with E-state index in [2.05, 4.69) is 0 Å². The van der Waals surface area contributed by atoms with Crippen molar-refractivity contribution in [3.8, 4) is 11.4 Å². The highest BCUT2D eigenvalue weighted by atomic mass is 35.5. The molecule has 0 aliphatic carbocycles. The number of carbonyl (C=O) groups is 1. The lowest BCUT2D eigenvalue weighted by molar-refractivity contribution is 0.0696. The monoisotopic (exact) mass is 408 g/mol. The maximum Gasteiger partial charge on any atom is 0.335 e. The van der Waals surface area contributed by atoms with E-state index < -0.39 is 5.97 Å². The molecule has 3 aromatic carbocycles. The highest BCUT2D eigenvalue weighted by Gasteiger charge is 2.16. The smallest absolute Gasteiger partial charge is 0.335 e. The van der Waals surface area contributed by atoms with Crippen molar-refractivity contribution in [2.75, 3.05) is 7.11 Å². The molecule has 0 atom stereocenters. The van der Waals surface area contributed by atoms with Crippen molar-refractivity contribution >= 4 is 28.6 Å². The molecule has 4 aromatic rings.